The van der Waals surface area contributed by atoms with Crippen LogP contribution in [-0.2, 0) is 0 Å². The lowest BCUT2D eigenvalue weighted by molar-refractivity contribution is -0.384. The molecule has 2 rings (SSSR count). The maximum Gasteiger partial charge on any atom is 0.273 e. The number of non-ortho nitro benzene ring substituents is 1. The van der Waals surface area contributed by atoms with Crippen molar-refractivity contribution in [3.63, 3.8) is 0 Å². The monoisotopic (exact) mass is 265 g/mol. The van der Waals surface area contributed by atoms with Gasteiger partial charge >= 0.3 is 0 Å². The lowest BCUT2D eigenvalue weighted by Crippen LogP contribution is -1.94. The molecule has 1 aromatic heterocycles. The first-order chi connectivity index (χ1) is 8.56. The summed E-state index contributed by atoms with van der Waals surface area (Å²) >= 11 is 5.69. The predicted molar refractivity (Wildman–Crippen MR) is 64.9 cm³/mol. The molecule has 0 aliphatic carbocycles. The fourth-order valence-corrected chi connectivity index (χ4v) is 1.44. The second-order valence-corrected chi connectivity index (χ2v) is 3.88. The Morgan fingerprint density at radius 2 is 2.11 bits per heavy atom. The van der Waals surface area contributed by atoms with Crippen LogP contribution in [0.1, 0.15) is 5.56 Å². The zero-order valence-corrected chi connectivity index (χ0v) is 10.1. The van der Waals surface area contributed by atoms with Crippen molar-refractivity contribution in [3.05, 3.63) is 51.4 Å². The van der Waals surface area contributed by atoms with Crippen molar-refractivity contribution >= 4 is 17.3 Å². The molecule has 0 bridgehead atoms. The second kappa shape index (κ2) is 4.97. The van der Waals surface area contributed by atoms with Crippen LogP contribution in [0.3, 0.4) is 0 Å². The molecule has 0 amide bonds. The van der Waals surface area contributed by atoms with Gasteiger partial charge in [0.25, 0.3) is 5.69 Å². The number of benzene rings is 1. The molecule has 18 heavy (non-hydrogen) atoms. The van der Waals surface area contributed by atoms with Crippen molar-refractivity contribution in [1.82, 2.24) is 9.97 Å². The molecule has 0 saturated heterocycles. The van der Waals surface area contributed by atoms with Crippen LogP contribution in [0, 0.1) is 17.0 Å². The van der Waals surface area contributed by atoms with E-state index in [0.29, 0.717) is 5.75 Å². The number of nitro groups is 1. The first-order valence-corrected chi connectivity index (χ1v) is 5.34. The number of hydrogen-bond acceptors (Lipinski definition) is 5. The summed E-state index contributed by atoms with van der Waals surface area (Å²) in [5, 5.41) is 10.9. The Labute approximate surface area is 107 Å². The van der Waals surface area contributed by atoms with Gasteiger partial charge in [0.2, 0.25) is 5.88 Å². The van der Waals surface area contributed by atoms with Crippen LogP contribution in [0.4, 0.5) is 5.69 Å². The Kier molecular flexibility index (Phi) is 3.38. The Morgan fingerprint density at radius 3 is 2.78 bits per heavy atom. The number of halogens is 1. The van der Waals surface area contributed by atoms with Crippen LogP contribution < -0.4 is 4.74 Å². The minimum atomic E-state index is -0.487. The van der Waals surface area contributed by atoms with E-state index >= 15 is 0 Å². The minimum Gasteiger partial charge on any atom is -0.438 e. The number of aryl methyl sites for hydroxylation is 1. The first-order valence-electron chi connectivity index (χ1n) is 4.96. The van der Waals surface area contributed by atoms with E-state index in [9.17, 15) is 10.1 Å². The molecule has 0 spiro atoms. The van der Waals surface area contributed by atoms with Crippen molar-refractivity contribution in [2.75, 3.05) is 0 Å². The molecule has 0 saturated carbocycles. The van der Waals surface area contributed by atoms with Gasteiger partial charge in [-0.2, -0.15) is 0 Å². The zero-order chi connectivity index (χ0) is 13.1. The number of ether oxygens (including phenoxy) is 1. The Morgan fingerprint density at radius 1 is 1.33 bits per heavy atom. The van der Waals surface area contributed by atoms with Gasteiger partial charge < -0.3 is 4.74 Å². The third-order valence-electron chi connectivity index (χ3n) is 2.21. The Hall–Kier alpha value is -2.21. The van der Waals surface area contributed by atoms with Crippen LogP contribution >= 0.6 is 11.6 Å². The molecule has 0 N–H and O–H groups in total. The maximum atomic E-state index is 10.7. The van der Waals surface area contributed by atoms with E-state index in [-0.39, 0.29) is 16.7 Å². The lowest BCUT2D eigenvalue weighted by Gasteiger charge is -2.07. The molecular weight excluding hydrogens is 258 g/mol. The minimum absolute atomic E-state index is 0.0456. The van der Waals surface area contributed by atoms with E-state index < -0.39 is 4.92 Å². The predicted octanol–water partition coefficient (Wildman–Crippen LogP) is 3.14. The Bertz CT molecular complexity index is 604. The summed E-state index contributed by atoms with van der Waals surface area (Å²) in [6, 6.07) is 5.79. The van der Waals surface area contributed by atoms with Gasteiger partial charge in [-0.15, -0.1) is 0 Å². The normalized spacial score (nSPS) is 10.1. The summed E-state index contributed by atoms with van der Waals surface area (Å²) in [5.74, 6) is 0.595. The average molecular weight is 266 g/mol. The van der Waals surface area contributed by atoms with Gasteiger partial charge in [-0.1, -0.05) is 11.6 Å². The van der Waals surface area contributed by atoms with E-state index in [1.807, 2.05) is 0 Å². The highest BCUT2D eigenvalue weighted by Crippen LogP contribution is 2.28. The number of aromatic nitrogens is 2. The van der Waals surface area contributed by atoms with Gasteiger partial charge in [0.15, 0.2) is 0 Å². The highest BCUT2D eigenvalue weighted by molar-refractivity contribution is 6.29. The largest absolute Gasteiger partial charge is 0.438 e. The number of nitrogens with zero attached hydrogens (tertiary/aromatic N) is 3. The molecule has 0 fully saturated rings. The van der Waals surface area contributed by atoms with Crippen LogP contribution in [0.5, 0.6) is 11.6 Å². The number of nitro benzene ring substituents is 1. The quantitative estimate of drug-likeness (QED) is 0.484. The third kappa shape index (κ3) is 2.72. The SMILES string of the molecule is Cc1ccc([N+](=O)[O-])cc1Oc1cc(Cl)ncn1. The molecule has 0 aliphatic heterocycles. The van der Waals surface area contributed by atoms with Gasteiger partial charge in [0.05, 0.1) is 11.0 Å². The Balaban J connectivity index is 2.33. The van der Waals surface area contributed by atoms with Crippen molar-refractivity contribution < 1.29 is 9.66 Å². The fraction of sp³-hybridized carbons (Fsp3) is 0.0909. The maximum absolute atomic E-state index is 10.7. The molecule has 6 nitrogen and oxygen atoms in total. The van der Waals surface area contributed by atoms with E-state index in [2.05, 4.69) is 9.97 Å². The van der Waals surface area contributed by atoms with Crippen LogP contribution in [0.15, 0.2) is 30.6 Å². The van der Waals surface area contributed by atoms with Crippen molar-refractivity contribution in [2.24, 2.45) is 0 Å². The van der Waals surface area contributed by atoms with Crippen molar-refractivity contribution in [1.29, 1.82) is 0 Å². The second-order valence-electron chi connectivity index (χ2n) is 3.49. The smallest absolute Gasteiger partial charge is 0.273 e. The highest BCUT2D eigenvalue weighted by Gasteiger charge is 2.11. The molecule has 1 heterocycles. The summed E-state index contributed by atoms with van der Waals surface area (Å²) in [4.78, 5) is 17.8. The van der Waals surface area contributed by atoms with Crippen molar-refractivity contribution in [3.8, 4) is 11.6 Å². The summed E-state index contributed by atoms with van der Waals surface area (Å²) in [5.41, 5.74) is 0.714. The van der Waals surface area contributed by atoms with Crippen LogP contribution in [0.2, 0.25) is 5.15 Å². The topological polar surface area (TPSA) is 78.2 Å². The molecule has 2 aromatic rings. The van der Waals surface area contributed by atoms with Crippen molar-refractivity contribution in [2.45, 2.75) is 6.92 Å². The van der Waals surface area contributed by atoms with Gasteiger partial charge in [-0.05, 0) is 18.6 Å². The molecule has 0 unspecified atom stereocenters. The van der Waals surface area contributed by atoms with Gasteiger partial charge in [-0.3, -0.25) is 10.1 Å². The number of rotatable bonds is 3. The zero-order valence-electron chi connectivity index (χ0n) is 9.33. The lowest BCUT2D eigenvalue weighted by atomic mass is 10.2. The summed E-state index contributed by atoms with van der Waals surface area (Å²) in [7, 11) is 0. The van der Waals surface area contributed by atoms with Gasteiger partial charge in [0.1, 0.15) is 17.2 Å². The molecule has 0 aliphatic rings. The van der Waals surface area contributed by atoms with E-state index in [4.69, 9.17) is 16.3 Å². The molecule has 1 aromatic carbocycles. The highest BCUT2D eigenvalue weighted by atomic mass is 35.5. The fourth-order valence-electron chi connectivity index (χ4n) is 1.30. The summed E-state index contributed by atoms with van der Waals surface area (Å²) < 4.78 is 5.44. The summed E-state index contributed by atoms with van der Waals surface area (Å²) in [6.07, 6.45) is 1.25. The molecule has 0 atom stereocenters. The van der Waals surface area contributed by atoms with Gasteiger partial charge in [-0.25, -0.2) is 9.97 Å². The summed E-state index contributed by atoms with van der Waals surface area (Å²) in [6.45, 7) is 1.78. The molecule has 0 radical (unpaired) electrons. The first kappa shape index (κ1) is 12.3. The van der Waals surface area contributed by atoms with Crippen LogP contribution in [0.25, 0.3) is 0 Å². The molecular formula is C11H8ClN3O3. The average Bonchev–Trinajstić information content (AvgIpc) is 2.31. The molecule has 7 heteroatoms. The van der Waals surface area contributed by atoms with Crippen LogP contribution in [-0.4, -0.2) is 14.9 Å². The standard InChI is InChI=1S/C11H8ClN3O3/c1-7-2-3-8(15(16)17)4-9(7)18-11-5-10(12)13-6-14-11/h2-6H,1H3. The van der Waals surface area contributed by atoms with Gasteiger partial charge in [0, 0.05) is 12.1 Å². The van der Waals surface area contributed by atoms with E-state index in [0.717, 1.165) is 5.56 Å². The third-order valence-corrected chi connectivity index (χ3v) is 2.41. The molecule has 92 valence electrons. The number of hydrogen-bond donors (Lipinski definition) is 0. The van der Waals surface area contributed by atoms with E-state index in [1.165, 1.54) is 24.5 Å². The van der Waals surface area contributed by atoms with E-state index in [1.54, 1.807) is 13.0 Å².